The van der Waals surface area contributed by atoms with E-state index in [1.165, 1.54) is 0 Å². The zero-order valence-corrected chi connectivity index (χ0v) is 10.8. The Morgan fingerprint density at radius 1 is 1.44 bits per heavy atom. The lowest BCUT2D eigenvalue weighted by atomic mass is 10.2. The number of pyridine rings is 1. The number of halogens is 1. The number of anilines is 1. The average molecular weight is 287 g/mol. The van der Waals surface area contributed by atoms with Crippen LogP contribution < -0.4 is 5.32 Å². The molecule has 0 aliphatic carbocycles. The average Bonchev–Trinajstić information content (AvgIpc) is 2.69. The maximum Gasteiger partial charge on any atom is 0.167 e. The molecular weight excluding hydrogens is 272 g/mol. The molecule has 4 nitrogen and oxygen atoms in total. The van der Waals surface area contributed by atoms with E-state index in [9.17, 15) is 0 Å². The smallest absolute Gasteiger partial charge is 0.167 e. The molecule has 1 aromatic heterocycles. The van der Waals surface area contributed by atoms with Crippen molar-refractivity contribution in [3.8, 4) is 0 Å². The first-order valence-corrected chi connectivity index (χ1v) is 6.11. The van der Waals surface area contributed by atoms with Crippen LogP contribution in [-0.4, -0.2) is 30.5 Å². The molecule has 1 N–H and O–H groups in total. The normalized spacial score (nSPS) is 18.6. The Labute approximate surface area is 103 Å². The van der Waals surface area contributed by atoms with Gasteiger partial charge in [-0.1, -0.05) is 0 Å². The van der Waals surface area contributed by atoms with Crippen molar-refractivity contribution in [1.82, 2.24) is 4.98 Å². The molecule has 0 bridgehead atoms. The molecule has 0 atom stereocenters. The van der Waals surface area contributed by atoms with E-state index in [0.717, 1.165) is 23.3 Å². The van der Waals surface area contributed by atoms with Crippen LogP contribution in [-0.2, 0) is 9.47 Å². The summed E-state index contributed by atoms with van der Waals surface area (Å²) in [6, 6.07) is 3.89. The van der Waals surface area contributed by atoms with Gasteiger partial charge in [-0.3, -0.25) is 0 Å². The van der Waals surface area contributed by atoms with Gasteiger partial charge in [0.2, 0.25) is 0 Å². The van der Waals surface area contributed by atoms with Crippen molar-refractivity contribution in [3.05, 3.63) is 22.8 Å². The van der Waals surface area contributed by atoms with E-state index in [1.807, 2.05) is 19.1 Å². The summed E-state index contributed by atoms with van der Waals surface area (Å²) in [7, 11) is 0. The fraction of sp³-hybridized carbons (Fsp3) is 0.545. The van der Waals surface area contributed by atoms with E-state index in [0.29, 0.717) is 13.2 Å². The van der Waals surface area contributed by atoms with E-state index < -0.39 is 5.79 Å². The third-order valence-corrected chi connectivity index (χ3v) is 2.98. The first-order chi connectivity index (χ1) is 7.68. The molecule has 0 spiro atoms. The molecule has 1 aromatic rings. The minimum atomic E-state index is -0.428. The van der Waals surface area contributed by atoms with Crippen LogP contribution in [0.5, 0.6) is 0 Å². The minimum absolute atomic E-state index is 0.428. The fourth-order valence-electron chi connectivity index (χ4n) is 1.60. The Hall–Kier alpha value is -0.650. The van der Waals surface area contributed by atoms with Crippen LogP contribution in [0.4, 0.5) is 5.82 Å². The van der Waals surface area contributed by atoms with Crippen LogP contribution >= 0.6 is 15.9 Å². The predicted molar refractivity (Wildman–Crippen MR) is 65.4 cm³/mol. The van der Waals surface area contributed by atoms with Crippen molar-refractivity contribution in [3.63, 3.8) is 0 Å². The molecule has 2 rings (SSSR count). The van der Waals surface area contributed by atoms with Crippen LogP contribution in [0.2, 0.25) is 0 Å². The summed E-state index contributed by atoms with van der Waals surface area (Å²) in [5, 5.41) is 3.23. The number of nitrogens with one attached hydrogen (secondary N) is 1. The monoisotopic (exact) mass is 286 g/mol. The number of aromatic nitrogens is 1. The Balaban J connectivity index is 1.77. The van der Waals surface area contributed by atoms with Gasteiger partial charge in [0.25, 0.3) is 0 Å². The Bertz CT molecular complexity index is 336. The van der Waals surface area contributed by atoms with Gasteiger partial charge in [0.1, 0.15) is 5.82 Å². The van der Waals surface area contributed by atoms with Crippen LogP contribution in [0.1, 0.15) is 13.3 Å². The van der Waals surface area contributed by atoms with Gasteiger partial charge in [-0.25, -0.2) is 4.98 Å². The maximum absolute atomic E-state index is 5.51. The lowest BCUT2D eigenvalue weighted by Gasteiger charge is -2.22. The molecule has 5 heteroatoms. The summed E-state index contributed by atoms with van der Waals surface area (Å²) in [6.45, 7) is 4.13. The predicted octanol–water partition coefficient (Wildman–Crippen LogP) is 2.41. The van der Waals surface area contributed by atoms with Gasteiger partial charge >= 0.3 is 0 Å². The summed E-state index contributed by atoms with van der Waals surface area (Å²) < 4.78 is 12.0. The first kappa shape index (κ1) is 11.8. The molecule has 88 valence electrons. The van der Waals surface area contributed by atoms with Gasteiger partial charge < -0.3 is 14.8 Å². The van der Waals surface area contributed by atoms with Crippen molar-refractivity contribution in [2.45, 2.75) is 19.1 Å². The number of ether oxygens (including phenoxy) is 2. The van der Waals surface area contributed by atoms with Crippen LogP contribution in [0.15, 0.2) is 22.8 Å². The van der Waals surface area contributed by atoms with Crippen molar-refractivity contribution >= 4 is 21.7 Å². The highest BCUT2D eigenvalue weighted by Gasteiger charge is 2.30. The van der Waals surface area contributed by atoms with Crippen LogP contribution in [0.3, 0.4) is 0 Å². The summed E-state index contributed by atoms with van der Waals surface area (Å²) in [4.78, 5) is 4.23. The fourth-order valence-corrected chi connectivity index (χ4v) is 1.83. The van der Waals surface area contributed by atoms with E-state index in [4.69, 9.17) is 9.47 Å². The molecule has 1 saturated heterocycles. The molecule has 0 radical (unpaired) electrons. The summed E-state index contributed by atoms with van der Waals surface area (Å²) in [6.07, 6.45) is 2.58. The molecule has 16 heavy (non-hydrogen) atoms. The number of hydrogen-bond acceptors (Lipinski definition) is 4. The third-order valence-electron chi connectivity index (χ3n) is 2.51. The Morgan fingerprint density at radius 3 is 2.81 bits per heavy atom. The van der Waals surface area contributed by atoms with Gasteiger partial charge in [0, 0.05) is 23.6 Å². The van der Waals surface area contributed by atoms with E-state index in [1.54, 1.807) is 6.20 Å². The maximum atomic E-state index is 5.51. The van der Waals surface area contributed by atoms with Gasteiger partial charge in [-0.05, 0) is 35.0 Å². The molecule has 2 heterocycles. The molecule has 1 fully saturated rings. The highest BCUT2D eigenvalue weighted by atomic mass is 79.9. The molecule has 0 unspecified atom stereocenters. The molecule has 1 aliphatic heterocycles. The van der Waals surface area contributed by atoms with Crippen molar-refractivity contribution in [1.29, 1.82) is 0 Å². The largest absolute Gasteiger partial charge is 0.370 e. The number of nitrogens with zero attached hydrogens (tertiary/aromatic N) is 1. The second-order valence-electron chi connectivity index (χ2n) is 3.87. The molecule has 1 aliphatic rings. The Morgan fingerprint density at radius 2 is 2.19 bits per heavy atom. The van der Waals surface area contributed by atoms with Gasteiger partial charge in [-0.15, -0.1) is 0 Å². The third kappa shape index (κ3) is 3.17. The van der Waals surface area contributed by atoms with Gasteiger partial charge in [0.15, 0.2) is 5.79 Å². The first-order valence-electron chi connectivity index (χ1n) is 5.31. The quantitative estimate of drug-likeness (QED) is 0.923. The number of hydrogen-bond donors (Lipinski definition) is 1. The molecule has 0 amide bonds. The zero-order chi connectivity index (χ0) is 11.4. The Kier molecular flexibility index (Phi) is 3.78. The van der Waals surface area contributed by atoms with Crippen molar-refractivity contribution in [2.75, 3.05) is 25.1 Å². The highest BCUT2D eigenvalue weighted by molar-refractivity contribution is 9.10. The zero-order valence-electron chi connectivity index (χ0n) is 9.20. The second-order valence-corrected chi connectivity index (χ2v) is 4.78. The SMILES string of the molecule is CC1(CCNc2ccc(Br)cn2)OCCO1. The van der Waals surface area contributed by atoms with Gasteiger partial charge in [0.05, 0.1) is 13.2 Å². The second kappa shape index (κ2) is 5.12. The van der Waals surface area contributed by atoms with Crippen LogP contribution in [0, 0.1) is 0 Å². The molecule has 0 aromatic carbocycles. The topological polar surface area (TPSA) is 43.4 Å². The lowest BCUT2D eigenvalue weighted by Crippen LogP contribution is -2.28. The van der Waals surface area contributed by atoms with E-state index >= 15 is 0 Å². The van der Waals surface area contributed by atoms with Gasteiger partial charge in [-0.2, -0.15) is 0 Å². The van der Waals surface area contributed by atoms with Crippen LogP contribution in [0.25, 0.3) is 0 Å². The molecule has 0 saturated carbocycles. The number of rotatable bonds is 4. The standard InChI is InChI=1S/C11H15BrN2O2/c1-11(15-6-7-16-11)4-5-13-10-3-2-9(12)8-14-10/h2-3,8H,4-7H2,1H3,(H,13,14). The molecular formula is C11H15BrN2O2. The highest BCUT2D eigenvalue weighted by Crippen LogP contribution is 2.22. The lowest BCUT2D eigenvalue weighted by molar-refractivity contribution is -0.144. The van der Waals surface area contributed by atoms with E-state index in [-0.39, 0.29) is 0 Å². The van der Waals surface area contributed by atoms with Crippen molar-refractivity contribution in [2.24, 2.45) is 0 Å². The van der Waals surface area contributed by atoms with Crippen molar-refractivity contribution < 1.29 is 9.47 Å². The summed E-state index contributed by atoms with van der Waals surface area (Å²) in [5.41, 5.74) is 0. The minimum Gasteiger partial charge on any atom is -0.370 e. The summed E-state index contributed by atoms with van der Waals surface area (Å²) >= 11 is 3.35. The summed E-state index contributed by atoms with van der Waals surface area (Å²) in [5.74, 6) is 0.437. The van der Waals surface area contributed by atoms with E-state index in [2.05, 4.69) is 26.2 Å².